The number of nitrogens with zero attached hydrogens (tertiary/aromatic N) is 3. The van der Waals surface area contributed by atoms with Crippen molar-refractivity contribution in [3.63, 3.8) is 0 Å². The van der Waals surface area contributed by atoms with Crippen LogP contribution in [0.4, 0.5) is 0 Å². The summed E-state index contributed by atoms with van der Waals surface area (Å²) in [5.41, 5.74) is 0. The number of nitrogens with one attached hydrogen (secondary N) is 1. The minimum atomic E-state index is 0.514. The molecule has 0 spiro atoms. The Kier molecular flexibility index (Phi) is 4.41. The normalized spacial score (nSPS) is 34.3. The monoisotopic (exact) mass is 318 g/mol. The summed E-state index contributed by atoms with van der Waals surface area (Å²) < 4.78 is 7.24. The topological polar surface area (TPSA) is 52.0 Å². The Morgan fingerprint density at radius 2 is 2.09 bits per heavy atom. The van der Waals surface area contributed by atoms with Gasteiger partial charge in [-0.05, 0) is 50.4 Å². The van der Waals surface area contributed by atoms with Gasteiger partial charge >= 0.3 is 0 Å². The van der Waals surface area contributed by atoms with E-state index in [9.17, 15) is 0 Å². The number of hydrogen-bond acceptors (Lipinski definition) is 4. The Morgan fingerprint density at radius 3 is 2.78 bits per heavy atom. The van der Waals surface area contributed by atoms with E-state index in [1.807, 2.05) is 0 Å². The van der Waals surface area contributed by atoms with Crippen LogP contribution in [0, 0.1) is 17.8 Å². The van der Waals surface area contributed by atoms with E-state index < -0.39 is 0 Å². The number of ether oxygens (including phenoxy) is 1. The standard InChI is InChI=1S/C18H30N4O/c1-12(16-9-13-3-5-14(16)6-4-13)19-15-7-8-18-20-17(11-23-2)21-22(18)10-15/h12-16,19H,3-11H2,1-2H3/t12-,13?,14?,15-,16+/m1/s1. The van der Waals surface area contributed by atoms with E-state index in [4.69, 9.17) is 4.74 Å². The van der Waals surface area contributed by atoms with E-state index >= 15 is 0 Å². The predicted octanol–water partition coefficient (Wildman–Crippen LogP) is 2.54. The summed E-state index contributed by atoms with van der Waals surface area (Å²) >= 11 is 0. The molecule has 0 radical (unpaired) electrons. The Bertz CT molecular complexity index is 535. The highest BCUT2D eigenvalue weighted by molar-refractivity contribution is 4.99. The number of aryl methyl sites for hydroxylation is 1. The second-order valence-corrected chi connectivity index (χ2v) is 7.93. The summed E-state index contributed by atoms with van der Waals surface area (Å²) in [6.45, 7) is 3.88. The minimum Gasteiger partial charge on any atom is -0.377 e. The lowest BCUT2D eigenvalue weighted by Gasteiger charge is -2.46. The average Bonchev–Trinajstić information content (AvgIpc) is 2.98. The third-order valence-electron chi connectivity index (χ3n) is 6.42. The zero-order chi connectivity index (χ0) is 15.8. The molecule has 4 aliphatic rings. The van der Waals surface area contributed by atoms with Crippen LogP contribution in [0.1, 0.15) is 57.1 Å². The predicted molar refractivity (Wildman–Crippen MR) is 89.0 cm³/mol. The third kappa shape index (κ3) is 3.18. The molecule has 0 aromatic carbocycles. The molecular formula is C18H30N4O. The molecular weight excluding hydrogens is 288 g/mol. The van der Waals surface area contributed by atoms with Crippen LogP contribution in [0.2, 0.25) is 0 Å². The van der Waals surface area contributed by atoms with Crippen molar-refractivity contribution in [1.82, 2.24) is 20.1 Å². The molecule has 23 heavy (non-hydrogen) atoms. The molecule has 3 saturated carbocycles. The van der Waals surface area contributed by atoms with Gasteiger partial charge in [-0.25, -0.2) is 9.67 Å². The maximum absolute atomic E-state index is 5.15. The molecule has 0 unspecified atom stereocenters. The highest BCUT2D eigenvalue weighted by Crippen LogP contribution is 2.46. The van der Waals surface area contributed by atoms with Crippen molar-refractivity contribution in [2.75, 3.05) is 7.11 Å². The van der Waals surface area contributed by atoms with Gasteiger partial charge < -0.3 is 10.1 Å². The molecule has 3 fully saturated rings. The molecule has 128 valence electrons. The number of aromatic nitrogens is 3. The molecule has 1 aromatic rings. The number of fused-ring (bicyclic) bond motifs is 4. The summed E-state index contributed by atoms with van der Waals surface area (Å²) in [6, 6.07) is 1.17. The molecule has 0 saturated heterocycles. The molecule has 5 heteroatoms. The first kappa shape index (κ1) is 15.6. The molecule has 0 amide bonds. The summed E-state index contributed by atoms with van der Waals surface area (Å²) in [5, 5.41) is 8.52. The molecule has 3 aliphatic carbocycles. The fourth-order valence-corrected chi connectivity index (χ4v) is 5.22. The van der Waals surface area contributed by atoms with Gasteiger partial charge in [-0.15, -0.1) is 0 Å². The molecule has 2 bridgehead atoms. The Labute approximate surface area is 139 Å². The van der Waals surface area contributed by atoms with E-state index in [0.29, 0.717) is 18.7 Å². The van der Waals surface area contributed by atoms with Gasteiger partial charge in [0.15, 0.2) is 5.82 Å². The number of rotatable bonds is 5. The van der Waals surface area contributed by atoms with E-state index in [0.717, 1.165) is 42.4 Å². The Morgan fingerprint density at radius 1 is 1.26 bits per heavy atom. The first-order valence-corrected chi connectivity index (χ1v) is 9.40. The summed E-state index contributed by atoms with van der Waals surface area (Å²) in [7, 11) is 1.70. The van der Waals surface area contributed by atoms with Gasteiger partial charge in [0.1, 0.15) is 12.4 Å². The first-order chi connectivity index (χ1) is 11.2. The van der Waals surface area contributed by atoms with Gasteiger partial charge in [-0.1, -0.05) is 12.8 Å². The maximum Gasteiger partial charge on any atom is 0.176 e. The second-order valence-electron chi connectivity index (χ2n) is 7.93. The molecule has 1 N–H and O–H groups in total. The van der Waals surface area contributed by atoms with Crippen LogP contribution in [0.3, 0.4) is 0 Å². The van der Waals surface area contributed by atoms with Gasteiger partial charge in [0.25, 0.3) is 0 Å². The highest BCUT2D eigenvalue weighted by atomic mass is 16.5. The van der Waals surface area contributed by atoms with Gasteiger partial charge in [-0.3, -0.25) is 0 Å². The van der Waals surface area contributed by atoms with Gasteiger partial charge in [0.05, 0.1) is 6.54 Å². The molecule has 5 nitrogen and oxygen atoms in total. The smallest absolute Gasteiger partial charge is 0.176 e. The van der Waals surface area contributed by atoms with Gasteiger partial charge in [-0.2, -0.15) is 5.10 Å². The average molecular weight is 318 g/mol. The van der Waals surface area contributed by atoms with Crippen molar-refractivity contribution < 1.29 is 4.74 Å². The highest BCUT2D eigenvalue weighted by Gasteiger charge is 2.38. The van der Waals surface area contributed by atoms with E-state index in [1.54, 1.807) is 7.11 Å². The maximum atomic E-state index is 5.15. The van der Waals surface area contributed by atoms with Crippen LogP contribution < -0.4 is 5.32 Å². The lowest BCUT2D eigenvalue weighted by molar-refractivity contribution is 0.0697. The van der Waals surface area contributed by atoms with Crippen molar-refractivity contribution in [3.05, 3.63) is 11.6 Å². The lowest BCUT2D eigenvalue weighted by atomic mass is 9.63. The quantitative estimate of drug-likeness (QED) is 0.906. The fourth-order valence-electron chi connectivity index (χ4n) is 5.22. The largest absolute Gasteiger partial charge is 0.377 e. The van der Waals surface area contributed by atoms with Crippen LogP contribution in [0.15, 0.2) is 0 Å². The third-order valence-corrected chi connectivity index (χ3v) is 6.42. The summed E-state index contributed by atoms with van der Waals surface area (Å²) in [4.78, 5) is 4.57. The minimum absolute atomic E-state index is 0.514. The molecule has 5 rings (SSSR count). The summed E-state index contributed by atoms with van der Waals surface area (Å²) in [6.07, 6.45) is 9.58. The zero-order valence-corrected chi connectivity index (χ0v) is 14.5. The van der Waals surface area contributed by atoms with Gasteiger partial charge in [0, 0.05) is 25.6 Å². The van der Waals surface area contributed by atoms with E-state index in [-0.39, 0.29) is 0 Å². The molecule has 1 aromatic heterocycles. The van der Waals surface area contributed by atoms with Crippen molar-refractivity contribution in [2.24, 2.45) is 17.8 Å². The second kappa shape index (κ2) is 6.52. The van der Waals surface area contributed by atoms with Crippen LogP contribution in [-0.2, 0) is 24.3 Å². The Hall–Kier alpha value is -0.940. The number of methoxy groups -OCH3 is 1. The lowest BCUT2D eigenvalue weighted by Crippen LogP contribution is -2.49. The van der Waals surface area contributed by atoms with Crippen LogP contribution in [0.25, 0.3) is 0 Å². The van der Waals surface area contributed by atoms with Crippen LogP contribution in [-0.4, -0.2) is 34.0 Å². The van der Waals surface area contributed by atoms with Crippen LogP contribution in [0.5, 0.6) is 0 Å². The molecule has 1 aliphatic heterocycles. The van der Waals surface area contributed by atoms with Crippen molar-refractivity contribution in [1.29, 1.82) is 0 Å². The fraction of sp³-hybridized carbons (Fsp3) is 0.889. The Balaban J connectivity index is 1.36. The molecule has 2 heterocycles. The van der Waals surface area contributed by atoms with E-state index in [1.165, 1.54) is 38.5 Å². The number of hydrogen-bond donors (Lipinski definition) is 1. The molecule has 3 atom stereocenters. The van der Waals surface area contributed by atoms with Crippen LogP contribution >= 0.6 is 0 Å². The summed E-state index contributed by atoms with van der Waals surface area (Å²) in [5.74, 6) is 4.82. The van der Waals surface area contributed by atoms with E-state index in [2.05, 4.69) is 27.0 Å². The SMILES string of the molecule is COCc1nc2n(n1)C[C@H](N[C@H](C)[C@@H]1CC3CCC1CC3)CC2. The zero-order valence-electron chi connectivity index (χ0n) is 14.5. The van der Waals surface area contributed by atoms with Crippen molar-refractivity contribution >= 4 is 0 Å². The van der Waals surface area contributed by atoms with Crippen molar-refractivity contribution in [2.45, 2.75) is 77.1 Å². The first-order valence-electron chi connectivity index (χ1n) is 9.40. The van der Waals surface area contributed by atoms with Crippen molar-refractivity contribution in [3.8, 4) is 0 Å². The van der Waals surface area contributed by atoms with Gasteiger partial charge in [0.2, 0.25) is 0 Å².